The highest BCUT2D eigenvalue weighted by Gasteiger charge is 2.49. The maximum Gasteiger partial charge on any atom is 0.338 e. The first-order valence-corrected chi connectivity index (χ1v) is 10.8. The van der Waals surface area contributed by atoms with Crippen molar-refractivity contribution in [3.63, 3.8) is 0 Å². The molecule has 0 bridgehead atoms. The van der Waals surface area contributed by atoms with E-state index in [1.807, 2.05) is 42.5 Å². The van der Waals surface area contributed by atoms with Gasteiger partial charge in [-0.3, -0.25) is 14.3 Å². The van der Waals surface area contributed by atoms with E-state index in [0.717, 1.165) is 11.1 Å². The Morgan fingerprint density at radius 1 is 1.15 bits per heavy atom. The van der Waals surface area contributed by atoms with Crippen molar-refractivity contribution in [1.29, 1.82) is 0 Å². The third-order valence-corrected chi connectivity index (χ3v) is 5.93. The van der Waals surface area contributed by atoms with Crippen LogP contribution in [0, 0.1) is 6.92 Å². The van der Waals surface area contributed by atoms with Crippen molar-refractivity contribution in [2.75, 3.05) is 13.7 Å². The maximum atomic E-state index is 12.6. The number of hydrogen-bond acceptors (Lipinski definition) is 7. The van der Waals surface area contributed by atoms with Crippen LogP contribution in [-0.2, 0) is 20.8 Å². The largest absolute Gasteiger partial charge is 0.459 e. The number of methoxy groups -OCH3 is 1. The maximum absolute atomic E-state index is 12.6. The van der Waals surface area contributed by atoms with E-state index in [0.29, 0.717) is 11.1 Å². The number of esters is 1. The van der Waals surface area contributed by atoms with Crippen molar-refractivity contribution in [1.82, 2.24) is 9.55 Å². The molecular formula is C25H26N2O7. The Morgan fingerprint density at radius 3 is 2.50 bits per heavy atom. The monoisotopic (exact) mass is 466 g/mol. The number of aryl methyl sites for hydroxylation is 1. The van der Waals surface area contributed by atoms with Gasteiger partial charge in [-0.05, 0) is 30.2 Å². The van der Waals surface area contributed by atoms with Crippen LogP contribution < -0.4 is 11.2 Å². The molecule has 4 rings (SSSR count). The summed E-state index contributed by atoms with van der Waals surface area (Å²) < 4.78 is 17.6. The molecule has 1 aliphatic heterocycles. The van der Waals surface area contributed by atoms with Crippen LogP contribution in [-0.4, -0.2) is 52.3 Å². The minimum absolute atomic E-state index is 0.0576. The fourth-order valence-corrected chi connectivity index (χ4v) is 3.97. The van der Waals surface area contributed by atoms with Crippen LogP contribution in [0.3, 0.4) is 0 Å². The normalized spacial score (nSPS) is 22.0. The predicted octanol–water partition coefficient (Wildman–Crippen LogP) is 1.86. The van der Waals surface area contributed by atoms with Crippen LogP contribution >= 0.6 is 0 Å². The van der Waals surface area contributed by atoms with Gasteiger partial charge in [0.25, 0.3) is 5.56 Å². The molecular weight excluding hydrogens is 440 g/mol. The molecule has 2 heterocycles. The molecule has 0 spiro atoms. The number of nitrogens with zero attached hydrogens (tertiary/aromatic N) is 1. The highest BCUT2D eigenvalue weighted by Crippen LogP contribution is 2.33. The van der Waals surface area contributed by atoms with Gasteiger partial charge in [0.2, 0.25) is 0 Å². The van der Waals surface area contributed by atoms with Gasteiger partial charge in [-0.2, -0.15) is 0 Å². The summed E-state index contributed by atoms with van der Waals surface area (Å²) >= 11 is 0. The lowest BCUT2D eigenvalue weighted by atomic mass is 9.95. The molecule has 1 fully saturated rings. The lowest BCUT2D eigenvalue weighted by molar-refractivity contribution is -0.137. The molecule has 3 aromatic rings. The fraction of sp³-hybridized carbons (Fsp3) is 0.320. The SMILES string of the molecule is CO[C@H]1C[C@@](O)(Cn2cc(C)c(=O)[nH]c2=O)[C@@H](COC(=O)c2ccc(-c3ccccc3)cc2)O1. The zero-order valence-electron chi connectivity index (χ0n) is 18.9. The number of ether oxygens (including phenoxy) is 3. The average Bonchev–Trinajstić information content (AvgIpc) is 3.17. The van der Waals surface area contributed by atoms with Gasteiger partial charge in [0.05, 0.1) is 12.1 Å². The molecule has 0 saturated carbocycles. The zero-order chi connectivity index (χ0) is 24.3. The standard InChI is InChI=1S/C25H26N2O7/c1-16-13-27(24(30)26-22(16)28)15-25(31)12-21(32-2)34-20(25)14-33-23(29)19-10-8-18(9-11-19)17-6-4-3-5-7-17/h3-11,13,20-21,31H,12,14-15H2,1-2H3,(H,26,28,30)/t20-,21-,25-/m1/s1. The van der Waals surface area contributed by atoms with Crippen LogP contribution in [0.1, 0.15) is 22.3 Å². The molecule has 178 valence electrons. The predicted molar refractivity (Wildman–Crippen MR) is 123 cm³/mol. The lowest BCUT2D eigenvalue weighted by Gasteiger charge is -2.28. The van der Waals surface area contributed by atoms with Gasteiger partial charge in [0.15, 0.2) is 6.29 Å². The molecule has 34 heavy (non-hydrogen) atoms. The number of benzene rings is 2. The van der Waals surface area contributed by atoms with Crippen LogP contribution in [0.15, 0.2) is 70.4 Å². The van der Waals surface area contributed by atoms with Gasteiger partial charge in [-0.15, -0.1) is 0 Å². The molecule has 9 heteroatoms. The Balaban J connectivity index is 1.46. The molecule has 0 unspecified atom stereocenters. The lowest BCUT2D eigenvalue weighted by Crippen LogP contribution is -2.48. The Hall–Kier alpha value is -3.53. The minimum Gasteiger partial charge on any atom is -0.459 e. The van der Waals surface area contributed by atoms with Crippen molar-refractivity contribution in [3.8, 4) is 11.1 Å². The van der Waals surface area contributed by atoms with Crippen LogP contribution in [0.2, 0.25) is 0 Å². The fourth-order valence-electron chi connectivity index (χ4n) is 3.97. The first kappa shape index (κ1) is 23.6. The van der Waals surface area contributed by atoms with Crippen LogP contribution in [0.25, 0.3) is 11.1 Å². The van der Waals surface area contributed by atoms with E-state index < -0.39 is 35.2 Å². The third-order valence-electron chi connectivity index (χ3n) is 5.93. The zero-order valence-corrected chi connectivity index (χ0v) is 18.9. The van der Waals surface area contributed by atoms with Crippen molar-refractivity contribution in [2.45, 2.75) is 37.9 Å². The van der Waals surface area contributed by atoms with Crippen molar-refractivity contribution in [3.05, 3.63) is 92.8 Å². The first-order valence-electron chi connectivity index (χ1n) is 10.8. The van der Waals surface area contributed by atoms with Crippen molar-refractivity contribution >= 4 is 5.97 Å². The Kier molecular flexibility index (Phi) is 6.78. The smallest absolute Gasteiger partial charge is 0.338 e. The summed E-state index contributed by atoms with van der Waals surface area (Å²) in [5.74, 6) is -0.566. The van der Waals surface area contributed by atoms with Gasteiger partial charge >= 0.3 is 11.7 Å². The number of aliphatic hydroxyl groups is 1. The van der Waals surface area contributed by atoms with Crippen molar-refractivity contribution in [2.24, 2.45) is 0 Å². The summed E-state index contributed by atoms with van der Waals surface area (Å²) in [4.78, 5) is 38.7. The van der Waals surface area contributed by atoms with E-state index >= 15 is 0 Å². The van der Waals surface area contributed by atoms with Gasteiger partial charge in [0.1, 0.15) is 18.3 Å². The first-order chi connectivity index (χ1) is 16.3. The van der Waals surface area contributed by atoms with E-state index in [1.165, 1.54) is 17.9 Å². The van der Waals surface area contributed by atoms with Gasteiger partial charge in [-0.1, -0.05) is 42.5 Å². The quantitative estimate of drug-likeness (QED) is 0.510. The number of carbonyl (C=O) groups excluding carboxylic acids is 1. The van der Waals surface area contributed by atoms with Crippen molar-refractivity contribution < 1.29 is 24.1 Å². The summed E-state index contributed by atoms with van der Waals surface area (Å²) in [5, 5.41) is 11.3. The van der Waals surface area contributed by atoms with E-state index in [2.05, 4.69) is 4.98 Å². The molecule has 1 aromatic heterocycles. The molecule has 2 N–H and O–H groups in total. The van der Waals surface area contributed by atoms with Crippen LogP contribution in [0.5, 0.6) is 0 Å². The number of hydrogen-bond donors (Lipinski definition) is 2. The second kappa shape index (κ2) is 9.76. The number of carbonyl (C=O) groups is 1. The number of rotatable bonds is 7. The van der Waals surface area contributed by atoms with Gasteiger partial charge in [-0.25, -0.2) is 9.59 Å². The topological polar surface area (TPSA) is 120 Å². The Morgan fingerprint density at radius 2 is 1.82 bits per heavy atom. The van der Waals surface area contributed by atoms with E-state index in [-0.39, 0.29) is 19.6 Å². The number of aromatic amines is 1. The third kappa shape index (κ3) is 5.01. The van der Waals surface area contributed by atoms with E-state index in [4.69, 9.17) is 14.2 Å². The molecule has 9 nitrogen and oxygen atoms in total. The molecule has 2 aromatic carbocycles. The Labute approximate surface area is 195 Å². The highest BCUT2D eigenvalue weighted by atomic mass is 16.7. The Bertz CT molecular complexity index is 1270. The highest BCUT2D eigenvalue weighted by molar-refractivity contribution is 5.90. The minimum atomic E-state index is -1.56. The number of H-pyrrole nitrogens is 1. The van der Waals surface area contributed by atoms with E-state index in [1.54, 1.807) is 19.1 Å². The molecule has 0 radical (unpaired) electrons. The van der Waals surface area contributed by atoms with Gasteiger partial charge in [0, 0.05) is 25.3 Å². The molecule has 0 amide bonds. The van der Waals surface area contributed by atoms with Crippen LogP contribution in [0.4, 0.5) is 0 Å². The second-order valence-electron chi connectivity index (χ2n) is 8.34. The van der Waals surface area contributed by atoms with E-state index in [9.17, 15) is 19.5 Å². The van der Waals surface area contributed by atoms with Gasteiger partial charge < -0.3 is 19.3 Å². The average molecular weight is 466 g/mol. The number of nitrogens with one attached hydrogen (secondary N) is 1. The molecule has 1 aliphatic rings. The summed E-state index contributed by atoms with van der Waals surface area (Å²) in [6.45, 7) is 1.15. The summed E-state index contributed by atoms with van der Waals surface area (Å²) in [6, 6.07) is 16.8. The molecule has 0 aliphatic carbocycles. The molecule has 1 saturated heterocycles. The summed E-state index contributed by atoms with van der Waals surface area (Å²) in [6.07, 6.45) is -0.249. The second-order valence-corrected chi connectivity index (χ2v) is 8.34. The number of aromatic nitrogens is 2. The summed E-state index contributed by atoms with van der Waals surface area (Å²) in [7, 11) is 1.43. The summed E-state index contributed by atoms with van der Waals surface area (Å²) in [5.41, 5.74) is -0.0228. The molecule has 3 atom stereocenters.